The molecule has 10 heteroatoms. The third kappa shape index (κ3) is 6.12. The molecule has 0 aliphatic carbocycles. The van der Waals surface area contributed by atoms with E-state index in [0.717, 1.165) is 6.07 Å². The lowest BCUT2D eigenvalue weighted by molar-refractivity contribution is -0.384. The van der Waals surface area contributed by atoms with Gasteiger partial charge in [0.05, 0.1) is 15.6 Å². The first-order valence-electron chi connectivity index (χ1n) is 7.59. The number of hydrogen-bond acceptors (Lipinski definition) is 6. The zero-order valence-electron chi connectivity index (χ0n) is 14.0. The minimum Gasteiger partial charge on any atom is -0.479 e. The van der Waals surface area contributed by atoms with E-state index in [1.165, 1.54) is 25.1 Å². The molecule has 2 rings (SSSR count). The summed E-state index contributed by atoms with van der Waals surface area (Å²) < 4.78 is 10.3. The molecule has 0 aliphatic heterocycles. The van der Waals surface area contributed by atoms with Gasteiger partial charge in [0.15, 0.2) is 12.7 Å². The van der Waals surface area contributed by atoms with E-state index in [2.05, 4.69) is 5.32 Å². The highest BCUT2D eigenvalue weighted by Gasteiger charge is 2.18. The number of hydrogen-bond donors (Lipinski definition) is 1. The monoisotopic (exact) mass is 412 g/mol. The van der Waals surface area contributed by atoms with Gasteiger partial charge in [0.1, 0.15) is 5.75 Å². The molecule has 1 unspecified atom stereocenters. The summed E-state index contributed by atoms with van der Waals surface area (Å²) in [5.74, 6) is -1.02. The summed E-state index contributed by atoms with van der Waals surface area (Å²) in [6.45, 7) is 0.893. The number of nitro benzene ring substituents is 1. The van der Waals surface area contributed by atoms with Gasteiger partial charge in [-0.25, -0.2) is 4.79 Å². The van der Waals surface area contributed by atoms with Crippen LogP contribution in [0.1, 0.15) is 6.92 Å². The molecule has 1 amide bonds. The SMILES string of the molecule is CC(Oc1cccc(Cl)c1)C(=O)OCC(=O)Nc1ccc([N+](=O)[O-])cc1Cl. The number of carbonyl (C=O) groups is 2. The van der Waals surface area contributed by atoms with Gasteiger partial charge in [0.2, 0.25) is 0 Å². The summed E-state index contributed by atoms with van der Waals surface area (Å²) in [6.07, 6.45) is -0.959. The van der Waals surface area contributed by atoms with E-state index in [1.54, 1.807) is 18.2 Å². The molecule has 0 fully saturated rings. The Morgan fingerprint density at radius 2 is 1.96 bits per heavy atom. The number of anilines is 1. The van der Waals surface area contributed by atoms with Crippen LogP contribution in [0.5, 0.6) is 5.75 Å². The van der Waals surface area contributed by atoms with Gasteiger partial charge in [0.25, 0.3) is 11.6 Å². The maximum absolute atomic E-state index is 11.9. The topological polar surface area (TPSA) is 108 Å². The Kier molecular flexibility index (Phi) is 6.98. The van der Waals surface area contributed by atoms with Gasteiger partial charge in [0, 0.05) is 17.2 Å². The molecule has 1 N–H and O–H groups in total. The first-order chi connectivity index (χ1) is 12.8. The summed E-state index contributed by atoms with van der Waals surface area (Å²) in [5, 5.41) is 13.5. The van der Waals surface area contributed by atoms with Gasteiger partial charge in [-0.15, -0.1) is 0 Å². The summed E-state index contributed by atoms with van der Waals surface area (Å²) in [6, 6.07) is 10.1. The van der Waals surface area contributed by atoms with Crippen LogP contribution in [0.3, 0.4) is 0 Å². The number of nitro groups is 1. The van der Waals surface area contributed by atoms with Crippen LogP contribution < -0.4 is 10.1 Å². The molecule has 0 aliphatic rings. The minimum absolute atomic E-state index is 0.0125. The first kappa shape index (κ1) is 20.5. The van der Waals surface area contributed by atoms with Crippen molar-refractivity contribution in [3.05, 3.63) is 62.6 Å². The van der Waals surface area contributed by atoms with Gasteiger partial charge in [-0.2, -0.15) is 0 Å². The first-order valence-corrected chi connectivity index (χ1v) is 8.34. The van der Waals surface area contributed by atoms with E-state index in [0.29, 0.717) is 10.8 Å². The molecule has 1 atom stereocenters. The van der Waals surface area contributed by atoms with Crippen LogP contribution in [0, 0.1) is 10.1 Å². The standard InChI is InChI=1S/C17H14Cl2N2O6/c1-10(27-13-4-2-3-11(18)7-13)17(23)26-9-16(22)20-15-6-5-12(21(24)25)8-14(15)19/h2-8,10H,9H2,1H3,(H,20,22). The molecule has 0 radical (unpaired) electrons. The van der Waals surface area contributed by atoms with Crippen molar-refractivity contribution in [1.82, 2.24) is 0 Å². The second-order valence-electron chi connectivity index (χ2n) is 5.29. The molecule has 0 saturated carbocycles. The summed E-state index contributed by atoms with van der Waals surface area (Å²) in [5.41, 5.74) is -0.0528. The van der Waals surface area contributed by atoms with Gasteiger partial charge in [-0.05, 0) is 31.2 Å². The third-order valence-electron chi connectivity index (χ3n) is 3.22. The number of nitrogens with one attached hydrogen (secondary N) is 1. The summed E-state index contributed by atoms with van der Waals surface area (Å²) >= 11 is 11.7. The third-order valence-corrected chi connectivity index (χ3v) is 3.77. The van der Waals surface area contributed by atoms with Gasteiger partial charge in [-0.3, -0.25) is 14.9 Å². The zero-order chi connectivity index (χ0) is 20.0. The molecular formula is C17H14Cl2N2O6. The number of rotatable bonds is 7. The average Bonchev–Trinajstić information content (AvgIpc) is 2.61. The number of esters is 1. The quantitative estimate of drug-likeness (QED) is 0.420. The fourth-order valence-corrected chi connectivity index (χ4v) is 2.35. The molecular weight excluding hydrogens is 399 g/mol. The smallest absolute Gasteiger partial charge is 0.347 e. The maximum atomic E-state index is 11.9. The van der Waals surface area contributed by atoms with E-state index in [9.17, 15) is 19.7 Å². The number of benzene rings is 2. The highest BCUT2D eigenvalue weighted by atomic mass is 35.5. The Labute approximate surface area is 164 Å². The predicted molar refractivity (Wildman–Crippen MR) is 99.2 cm³/mol. The Hall–Kier alpha value is -2.84. The molecule has 2 aromatic carbocycles. The molecule has 0 heterocycles. The zero-order valence-corrected chi connectivity index (χ0v) is 15.5. The van der Waals surface area contributed by atoms with Crippen molar-refractivity contribution < 1.29 is 24.0 Å². The maximum Gasteiger partial charge on any atom is 0.347 e. The van der Waals surface area contributed by atoms with Crippen molar-refractivity contribution in [3.63, 3.8) is 0 Å². The molecule has 0 aromatic heterocycles. The number of halogens is 2. The molecule has 2 aromatic rings. The molecule has 0 saturated heterocycles. The second-order valence-corrected chi connectivity index (χ2v) is 6.14. The van der Waals surface area contributed by atoms with E-state index < -0.39 is 29.5 Å². The largest absolute Gasteiger partial charge is 0.479 e. The summed E-state index contributed by atoms with van der Waals surface area (Å²) in [4.78, 5) is 33.8. The van der Waals surface area contributed by atoms with Crippen LogP contribution in [0.2, 0.25) is 10.0 Å². The Morgan fingerprint density at radius 3 is 2.59 bits per heavy atom. The number of ether oxygens (including phenoxy) is 2. The van der Waals surface area contributed by atoms with Crippen LogP contribution in [-0.2, 0) is 14.3 Å². The van der Waals surface area contributed by atoms with Crippen molar-refractivity contribution in [3.8, 4) is 5.75 Å². The predicted octanol–water partition coefficient (Wildman–Crippen LogP) is 3.85. The van der Waals surface area contributed by atoms with Gasteiger partial charge >= 0.3 is 5.97 Å². The molecule has 0 spiro atoms. The van der Waals surface area contributed by atoms with Crippen molar-refractivity contribution in [2.45, 2.75) is 13.0 Å². The minimum atomic E-state index is -0.959. The van der Waals surface area contributed by atoms with Crippen LogP contribution in [0.25, 0.3) is 0 Å². The lowest BCUT2D eigenvalue weighted by atomic mass is 10.3. The fourth-order valence-electron chi connectivity index (χ4n) is 1.95. The van der Waals surface area contributed by atoms with E-state index in [-0.39, 0.29) is 16.4 Å². The summed E-state index contributed by atoms with van der Waals surface area (Å²) in [7, 11) is 0. The Bertz CT molecular complexity index is 874. The van der Waals surface area contributed by atoms with E-state index >= 15 is 0 Å². The van der Waals surface area contributed by atoms with Crippen molar-refractivity contribution in [2.24, 2.45) is 0 Å². The average molecular weight is 413 g/mol. The Balaban J connectivity index is 1.85. The van der Waals surface area contributed by atoms with Crippen molar-refractivity contribution >= 4 is 46.5 Å². The van der Waals surface area contributed by atoms with Crippen LogP contribution in [0.4, 0.5) is 11.4 Å². The Morgan fingerprint density at radius 1 is 1.22 bits per heavy atom. The molecule has 27 heavy (non-hydrogen) atoms. The van der Waals surface area contributed by atoms with E-state index in [1.807, 2.05) is 0 Å². The van der Waals surface area contributed by atoms with Crippen LogP contribution >= 0.6 is 23.2 Å². The normalized spacial score (nSPS) is 11.4. The second kappa shape index (κ2) is 9.20. The highest BCUT2D eigenvalue weighted by molar-refractivity contribution is 6.34. The van der Waals surface area contributed by atoms with Crippen molar-refractivity contribution in [2.75, 3.05) is 11.9 Å². The molecule has 0 bridgehead atoms. The van der Waals surface area contributed by atoms with Crippen molar-refractivity contribution in [1.29, 1.82) is 0 Å². The van der Waals surface area contributed by atoms with Gasteiger partial charge in [-0.1, -0.05) is 29.3 Å². The van der Waals surface area contributed by atoms with Gasteiger partial charge < -0.3 is 14.8 Å². The fraction of sp³-hybridized carbons (Fsp3) is 0.176. The number of amides is 1. The number of nitrogens with zero attached hydrogens (tertiary/aromatic N) is 1. The number of non-ortho nitro benzene ring substituents is 1. The molecule has 8 nitrogen and oxygen atoms in total. The number of carbonyl (C=O) groups excluding carboxylic acids is 2. The van der Waals surface area contributed by atoms with E-state index in [4.69, 9.17) is 32.7 Å². The lowest BCUT2D eigenvalue weighted by Gasteiger charge is -2.14. The van der Waals surface area contributed by atoms with Crippen LogP contribution in [0.15, 0.2) is 42.5 Å². The lowest BCUT2D eigenvalue weighted by Crippen LogP contribution is -2.29. The van der Waals surface area contributed by atoms with Crippen LogP contribution in [-0.4, -0.2) is 29.5 Å². The molecule has 142 valence electrons. The highest BCUT2D eigenvalue weighted by Crippen LogP contribution is 2.26.